The van der Waals surface area contributed by atoms with Crippen LogP contribution in [0.4, 0.5) is 0 Å². The molecule has 2 nitrogen and oxygen atoms in total. The number of hydrogen-bond acceptors (Lipinski definition) is 2. The third-order valence-electron chi connectivity index (χ3n) is 3.56. The molecule has 0 aromatic heterocycles. The summed E-state index contributed by atoms with van der Waals surface area (Å²) in [5.41, 5.74) is 1.41. The Kier molecular flexibility index (Phi) is 3.41. The van der Waals surface area contributed by atoms with Crippen LogP contribution in [0.5, 0.6) is 5.75 Å². The van der Waals surface area contributed by atoms with Crippen LogP contribution >= 0.6 is 11.6 Å². The lowest BCUT2D eigenvalue weighted by Crippen LogP contribution is -2.23. The third kappa shape index (κ3) is 2.69. The Balaban J connectivity index is 1.87. The van der Waals surface area contributed by atoms with E-state index in [1.54, 1.807) is 12.1 Å². The Morgan fingerprint density at radius 1 is 1.44 bits per heavy atom. The lowest BCUT2D eigenvalue weighted by Gasteiger charge is -2.14. The Morgan fingerprint density at radius 3 is 2.81 bits per heavy atom. The van der Waals surface area contributed by atoms with E-state index < -0.39 is 0 Å². The van der Waals surface area contributed by atoms with Crippen molar-refractivity contribution < 1.29 is 5.11 Å². The van der Waals surface area contributed by atoms with Gasteiger partial charge in [-0.1, -0.05) is 18.5 Å². The summed E-state index contributed by atoms with van der Waals surface area (Å²) in [6.07, 6.45) is 3.90. The molecule has 2 rings (SSSR count). The van der Waals surface area contributed by atoms with Crippen LogP contribution < -0.4 is 5.32 Å². The standard InChI is InChI=1S/C13H18ClNO/c1-2-13(5-6-13)9-15-8-10-7-11(14)3-4-12(10)16/h3-4,7,15-16H,2,5-6,8-9H2,1H3. The highest BCUT2D eigenvalue weighted by molar-refractivity contribution is 6.30. The van der Waals surface area contributed by atoms with Crippen molar-refractivity contribution in [1.29, 1.82) is 0 Å². The van der Waals surface area contributed by atoms with Gasteiger partial charge in [-0.2, -0.15) is 0 Å². The molecule has 0 atom stereocenters. The molecule has 0 bridgehead atoms. The fraction of sp³-hybridized carbons (Fsp3) is 0.538. The number of halogens is 1. The van der Waals surface area contributed by atoms with Crippen molar-refractivity contribution in [3.63, 3.8) is 0 Å². The molecule has 1 aliphatic carbocycles. The van der Waals surface area contributed by atoms with Crippen molar-refractivity contribution in [2.75, 3.05) is 6.54 Å². The first-order valence-corrected chi connectivity index (χ1v) is 6.21. The fourth-order valence-electron chi connectivity index (χ4n) is 1.99. The van der Waals surface area contributed by atoms with Crippen molar-refractivity contribution in [2.24, 2.45) is 5.41 Å². The Bertz CT molecular complexity index is 374. The minimum Gasteiger partial charge on any atom is -0.508 e. The number of phenolic OH excluding ortho intramolecular Hbond substituents is 1. The zero-order valence-electron chi connectivity index (χ0n) is 9.59. The third-order valence-corrected chi connectivity index (χ3v) is 3.80. The SMILES string of the molecule is CCC1(CNCc2cc(Cl)ccc2O)CC1. The first-order chi connectivity index (χ1) is 7.65. The Morgan fingerprint density at radius 2 is 2.19 bits per heavy atom. The Hall–Kier alpha value is -0.730. The lowest BCUT2D eigenvalue weighted by molar-refractivity contribution is 0.432. The van der Waals surface area contributed by atoms with E-state index in [9.17, 15) is 5.11 Å². The molecule has 0 amide bonds. The van der Waals surface area contributed by atoms with Gasteiger partial charge in [0.15, 0.2) is 0 Å². The summed E-state index contributed by atoms with van der Waals surface area (Å²) < 4.78 is 0. The molecule has 1 aromatic carbocycles. The first-order valence-electron chi connectivity index (χ1n) is 5.83. The average Bonchev–Trinajstić information content (AvgIpc) is 3.04. The van der Waals surface area contributed by atoms with E-state index in [2.05, 4.69) is 12.2 Å². The van der Waals surface area contributed by atoms with Crippen molar-refractivity contribution in [3.05, 3.63) is 28.8 Å². The van der Waals surface area contributed by atoms with Crippen LogP contribution in [0.2, 0.25) is 5.02 Å². The molecule has 1 aliphatic rings. The maximum Gasteiger partial charge on any atom is 0.120 e. The predicted octanol–water partition coefficient (Wildman–Crippen LogP) is 3.33. The second-order valence-electron chi connectivity index (χ2n) is 4.73. The lowest BCUT2D eigenvalue weighted by atomic mass is 10.0. The summed E-state index contributed by atoms with van der Waals surface area (Å²) in [6.45, 7) is 3.97. The largest absolute Gasteiger partial charge is 0.508 e. The van der Waals surface area contributed by atoms with E-state index in [-0.39, 0.29) is 0 Å². The molecule has 0 heterocycles. The first kappa shape index (κ1) is 11.7. The van der Waals surface area contributed by atoms with Crippen LogP contribution in [0.1, 0.15) is 31.7 Å². The molecule has 2 N–H and O–H groups in total. The van der Waals surface area contributed by atoms with Crippen LogP contribution in [0.15, 0.2) is 18.2 Å². The summed E-state index contributed by atoms with van der Waals surface area (Å²) in [6, 6.07) is 5.16. The highest BCUT2D eigenvalue weighted by Gasteiger charge is 2.39. The zero-order chi connectivity index (χ0) is 11.6. The van der Waals surface area contributed by atoms with Gasteiger partial charge < -0.3 is 10.4 Å². The molecule has 1 aromatic rings. The van der Waals surface area contributed by atoms with Gasteiger partial charge in [-0.05, 0) is 42.9 Å². The zero-order valence-corrected chi connectivity index (χ0v) is 10.3. The summed E-state index contributed by atoms with van der Waals surface area (Å²) in [5.74, 6) is 0.318. The fourth-order valence-corrected chi connectivity index (χ4v) is 2.18. The van der Waals surface area contributed by atoms with Gasteiger partial charge >= 0.3 is 0 Å². The van der Waals surface area contributed by atoms with Crippen molar-refractivity contribution in [1.82, 2.24) is 5.32 Å². The predicted molar refractivity (Wildman–Crippen MR) is 66.8 cm³/mol. The number of aromatic hydroxyl groups is 1. The quantitative estimate of drug-likeness (QED) is 0.826. The molecule has 0 unspecified atom stereocenters. The summed E-state index contributed by atoms with van der Waals surface area (Å²) in [4.78, 5) is 0. The van der Waals surface area contributed by atoms with Crippen LogP contribution in [0, 0.1) is 5.41 Å². The monoisotopic (exact) mass is 239 g/mol. The molecule has 0 saturated heterocycles. The molecule has 88 valence electrons. The molecular formula is C13H18ClNO. The number of rotatable bonds is 5. The van der Waals surface area contributed by atoms with Crippen molar-refractivity contribution in [2.45, 2.75) is 32.7 Å². The van der Waals surface area contributed by atoms with Gasteiger partial charge in [-0.25, -0.2) is 0 Å². The molecule has 0 spiro atoms. The van der Waals surface area contributed by atoms with Crippen LogP contribution in [0.3, 0.4) is 0 Å². The second kappa shape index (κ2) is 4.64. The Labute approximate surface area is 102 Å². The smallest absolute Gasteiger partial charge is 0.120 e. The average molecular weight is 240 g/mol. The molecule has 0 radical (unpaired) electrons. The van der Waals surface area contributed by atoms with Gasteiger partial charge in [0.1, 0.15) is 5.75 Å². The van der Waals surface area contributed by atoms with E-state index >= 15 is 0 Å². The van der Waals surface area contributed by atoms with Gasteiger partial charge in [-0.3, -0.25) is 0 Å². The highest BCUT2D eigenvalue weighted by Crippen LogP contribution is 2.47. The minimum absolute atomic E-state index is 0.318. The van der Waals surface area contributed by atoms with E-state index in [0.29, 0.717) is 22.7 Å². The van der Waals surface area contributed by atoms with Crippen molar-refractivity contribution >= 4 is 11.6 Å². The molecule has 3 heteroatoms. The normalized spacial score (nSPS) is 17.4. The van der Waals surface area contributed by atoms with Crippen LogP contribution in [0.25, 0.3) is 0 Å². The number of nitrogens with one attached hydrogen (secondary N) is 1. The topological polar surface area (TPSA) is 32.3 Å². The van der Waals surface area contributed by atoms with Crippen LogP contribution in [-0.4, -0.2) is 11.7 Å². The molecule has 0 aliphatic heterocycles. The van der Waals surface area contributed by atoms with Gasteiger partial charge in [-0.15, -0.1) is 0 Å². The number of benzene rings is 1. The van der Waals surface area contributed by atoms with E-state index in [4.69, 9.17) is 11.6 Å². The van der Waals surface area contributed by atoms with E-state index in [1.807, 2.05) is 6.07 Å². The van der Waals surface area contributed by atoms with Gasteiger partial charge in [0.25, 0.3) is 0 Å². The molecule has 1 saturated carbocycles. The molecule has 1 fully saturated rings. The van der Waals surface area contributed by atoms with Gasteiger partial charge in [0, 0.05) is 23.7 Å². The maximum atomic E-state index is 9.64. The van der Waals surface area contributed by atoms with Crippen LogP contribution in [-0.2, 0) is 6.54 Å². The van der Waals surface area contributed by atoms with E-state index in [1.165, 1.54) is 19.3 Å². The summed E-state index contributed by atoms with van der Waals surface area (Å²) >= 11 is 5.89. The maximum absolute atomic E-state index is 9.64. The second-order valence-corrected chi connectivity index (χ2v) is 5.17. The minimum atomic E-state index is 0.318. The number of phenols is 1. The summed E-state index contributed by atoms with van der Waals surface area (Å²) in [7, 11) is 0. The summed E-state index contributed by atoms with van der Waals surface area (Å²) in [5, 5.41) is 13.7. The van der Waals surface area contributed by atoms with E-state index in [0.717, 1.165) is 12.1 Å². The highest BCUT2D eigenvalue weighted by atomic mass is 35.5. The van der Waals surface area contributed by atoms with Crippen molar-refractivity contribution in [3.8, 4) is 5.75 Å². The van der Waals surface area contributed by atoms with Gasteiger partial charge in [0.2, 0.25) is 0 Å². The van der Waals surface area contributed by atoms with Gasteiger partial charge in [0.05, 0.1) is 0 Å². The molecule has 16 heavy (non-hydrogen) atoms. The number of hydrogen-bond donors (Lipinski definition) is 2. The molecular weight excluding hydrogens is 222 g/mol.